The van der Waals surface area contributed by atoms with E-state index in [0.717, 1.165) is 5.56 Å². The standard InChI is InChI=1S/C19H23N7O3S/c1-23-14-18(21-15-23)30(28,29)25-10-7-24(8-11-25)9-12-26-19(27)5-4-17(22-26)16-3-2-6-20-13-16/h2-6,13-15H,7-12H2,1H3. The van der Waals surface area contributed by atoms with Crippen molar-refractivity contribution in [1.82, 2.24) is 33.5 Å². The number of aryl methyl sites for hydroxylation is 1. The Hall–Kier alpha value is -2.89. The van der Waals surface area contributed by atoms with Crippen LogP contribution >= 0.6 is 0 Å². The summed E-state index contributed by atoms with van der Waals surface area (Å²) in [4.78, 5) is 22.4. The predicted molar refractivity (Wildman–Crippen MR) is 110 cm³/mol. The van der Waals surface area contributed by atoms with Crippen LogP contribution in [0.2, 0.25) is 0 Å². The van der Waals surface area contributed by atoms with E-state index >= 15 is 0 Å². The highest BCUT2D eigenvalue weighted by molar-refractivity contribution is 7.89. The summed E-state index contributed by atoms with van der Waals surface area (Å²) < 4.78 is 29.9. The first-order valence-corrected chi connectivity index (χ1v) is 11.1. The molecule has 4 rings (SSSR count). The molecule has 0 atom stereocenters. The lowest BCUT2D eigenvalue weighted by Crippen LogP contribution is -2.49. The Kier molecular flexibility index (Phi) is 5.75. The molecule has 0 saturated carbocycles. The molecule has 0 aromatic carbocycles. The second-order valence-electron chi connectivity index (χ2n) is 7.14. The fourth-order valence-electron chi connectivity index (χ4n) is 3.36. The molecule has 1 saturated heterocycles. The third-order valence-corrected chi connectivity index (χ3v) is 6.85. The zero-order valence-electron chi connectivity index (χ0n) is 16.6. The molecule has 0 bridgehead atoms. The van der Waals surface area contributed by atoms with Crippen molar-refractivity contribution in [2.45, 2.75) is 11.6 Å². The van der Waals surface area contributed by atoms with Crippen molar-refractivity contribution in [3.8, 4) is 11.3 Å². The van der Waals surface area contributed by atoms with Gasteiger partial charge in [0.05, 0.1) is 18.6 Å². The third-order valence-electron chi connectivity index (χ3n) is 5.07. The molecule has 0 amide bonds. The van der Waals surface area contributed by atoms with Gasteiger partial charge in [0, 0.05) is 70.0 Å². The van der Waals surface area contributed by atoms with Gasteiger partial charge in [0.15, 0.2) is 5.03 Å². The average molecular weight is 430 g/mol. The van der Waals surface area contributed by atoms with Gasteiger partial charge in [0.1, 0.15) is 0 Å². The van der Waals surface area contributed by atoms with Crippen LogP contribution in [0.15, 0.2) is 59.0 Å². The van der Waals surface area contributed by atoms with E-state index in [1.807, 2.05) is 12.1 Å². The molecule has 0 aliphatic carbocycles. The van der Waals surface area contributed by atoms with Crippen LogP contribution in [0.1, 0.15) is 0 Å². The van der Waals surface area contributed by atoms with E-state index in [1.165, 1.54) is 27.6 Å². The lowest BCUT2D eigenvalue weighted by atomic mass is 10.2. The number of hydrogen-bond acceptors (Lipinski definition) is 7. The molecule has 10 nitrogen and oxygen atoms in total. The van der Waals surface area contributed by atoms with E-state index in [0.29, 0.717) is 45.0 Å². The van der Waals surface area contributed by atoms with Crippen molar-refractivity contribution in [2.24, 2.45) is 7.05 Å². The molecule has 11 heteroatoms. The lowest BCUT2D eigenvalue weighted by Gasteiger charge is -2.33. The van der Waals surface area contributed by atoms with Crippen LogP contribution < -0.4 is 5.56 Å². The van der Waals surface area contributed by atoms with Crippen molar-refractivity contribution in [3.63, 3.8) is 0 Å². The van der Waals surface area contributed by atoms with Gasteiger partial charge in [-0.3, -0.25) is 14.7 Å². The largest absolute Gasteiger partial charge is 0.339 e. The maximum Gasteiger partial charge on any atom is 0.266 e. The van der Waals surface area contributed by atoms with Gasteiger partial charge in [-0.25, -0.2) is 18.1 Å². The summed E-state index contributed by atoms with van der Waals surface area (Å²) in [6.45, 7) is 2.99. The summed E-state index contributed by atoms with van der Waals surface area (Å²) in [5, 5.41) is 4.51. The quantitative estimate of drug-likeness (QED) is 0.545. The average Bonchev–Trinajstić information content (AvgIpc) is 3.21. The van der Waals surface area contributed by atoms with Gasteiger partial charge >= 0.3 is 0 Å². The number of pyridine rings is 1. The Balaban J connectivity index is 1.37. The van der Waals surface area contributed by atoms with Gasteiger partial charge in [-0.05, 0) is 18.2 Å². The Morgan fingerprint density at radius 1 is 1.07 bits per heavy atom. The predicted octanol–water partition coefficient (Wildman–Crippen LogP) is 0.0453. The Labute approximate surface area is 174 Å². The maximum absolute atomic E-state index is 12.7. The minimum absolute atomic E-state index is 0.0708. The molecule has 0 radical (unpaired) electrons. The highest BCUT2D eigenvalue weighted by Crippen LogP contribution is 2.16. The Bertz CT molecular complexity index is 1170. The maximum atomic E-state index is 12.7. The first kappa shape index (κ1) is 20.4. The van der Waals surface area contributed by atoms with Crippen LogP contribution in [-0.2, 0) is 23.6 Å². The number of imidazole rings is 1. The van der Waals surface area contributed by atoms with Crippen molar-refractivity contribution >= 4 is 10.0 Å². The second-order valence-corrected chi connectivity index (χ2v) is 9.03. The molecular formula is C19H23N7O3S. The van der Waals surface area contributed by atoms with Crippen LogP contribution in [0.4, 0.5) is 0 Å². The SMILES string of the molecule is Cn1cnc(S(=O)(=O)N2CCN(CCn3nc(-c4cccnc4)ccc3=O)CC2)c1. The molecule has 0 N–H and O–H groups in total. The number of nitrogens with zero attached hydrogens (tertiary/aromatic N) is 7. The van der Waals surface area contributed by atoms with Gasteiger partial charge in [0.25, 0.3) is 15.6 Å². The molecule has 3 aromatic heterocycles. The van der Waals surface area contributed by atoms with E-state index in [1.54, 1.807) is 30.1 Å². The van der Waals surface area contributed by atoms with Crippen LogP contribution in [0.5, 0.6) is 0 Å². The van der Waals surface area contributed by atoms with Gasteiger partial charge in [0.2, 0.25) is 0 Å². The van der Waals surface area contributed by atoms with E-state index in [9.17, 15) is 13.2 Å². The molecular weight excluding hydrogens is 406 g/mol. The van der Waals surface area contributed by atoms with E-state index in [-0.39, 0.29) is 10.6 Å². The second kappa shape index (κ2) is 8.46. The van der Waals surface area contributed by atoms with Crippen LogP contribution in [0.3, 0.4) is 0 Å². The molecule has 1 aliphatic heterocycles. The molecule has 158 valence electrons. The summed E-state index contributed by atoms with van der Waals surface area (Å²) in [6.07, 6.45) is 6.38. The number of aromatic nitrogens is 5. The van der Waals surface area contributed by atoms with Crippen molar-refractivity contribution in [3.05, 3.63) is 59.5 Å². The zero-order chi connectivity index (χ0) is 21.1. The highest BCUT2D eigenvalue weighted by atomic mass is 32.2. The van der Waals surface area contributed by atoms with Gasteiger partial charge in [-0.1, -0.05) is 0 Å². The normalized spacial score (nSPS) is 16.0. The minimum atomic E-state index is -3.57. The summed E-state index contributed by atoms with van der Waals surface area (Å²) in [5.41, 5.74) is 1.37. The molecule has 3 aromatic rings. The summed E-state index contributed by atoms with van der Waals surface area (Å²) in [6, 6.07) is 6.92. The first-order chi connectivity index (χ1) is 14.4. The molecule has 1 aliphatic rings. The zero-order valence-corrected chi connectivity index (χ0v) is 17.4. The van der Waals surface area contributed by atoms with Crippen molar-refractivity contribution in [2.75, 3.05) is 32.7 Å². The van der Waals surface area contributed by atoms with E-state index < -0.39 is 10.0 Å². The van der Waals surface area contributed by atoms with Gasteiger partial charge in [-0.15, -0.1) is 0 Å². The topological polar surface area (TPSA) is 106 Å². The van der Waals surface area contributed by atoms with E-state index in [2.05, 4.69) is 20.0 Å². The highest BCUT2D eigenvalue weighted by Gasteiger charge is 2.30. The molecule has 0 spiro atoms. The number of hydrogen-bond donors (Lipinski definition) is 0. The molecule has 4 heterocycles. The minimum Gasteiger partial charge on any atom is -0.339 e. The lowest BCUT2D eigenvalue weighted by molar-refractivity contribution is 0.180. The first-order valence-electron chi connectivity index (χ1n) is 9.62. The van der Waals surface area contributed by atoms with Crippen LogP contribution in [-0.4, -0.2) is 74.7 Å². The summed E-state index contributed by atoms with van der Waals surface area (Å²) in [5.74, 6) is 0. The smallest absolute Gasteiger partial charge is 0.266 e. The van der Waals surface area contributed by atoms with Crippen molar-refractivity contribution in [1.29, 1.82) is 0 Å². The summed E-state index contributed by atoms with van der Waals surface area (Å²) >= 11 is 0. The number of sulfonamides is 1. The Morgan fingerprint density at radius 2 is 1.87 bits per heavy atom. The Morgan fingerprint density at radius 3 is 2.53 bits per heavy atom. The third kappa shape index (κ3) is 4.32. The van der Waals surface area contributed by atoms with Crippen LogP contribution in [0, 0.1) is 0 Å². The van der Waals surface area contributed by atoms with Crippen LogP contribution in [0.25, 0.3) is 11.3 Å². The van der Waals surface area contributed by atoms with Gasteiger partial charge < -0.3 is 4.57 Å². The molecule has 0 unspecified atom stereocenters. The fourth-order valence-corrected chi connectivity index (χ4v) is 4.75. The number of rotatable bonds is 6. The fraction of sp³-hybridized carbons (Fsp3) is 0.368. The summed E-state index contributed by atoms with van der Waals surface area (Å²) in [7, 11) is -1.83. The van der Waals surface area contributed by atoms with Gasteiger partial charge in [-0.2, -0.15) is 9.40 Å². The number of piperazine rings is 1. The monoisotopic (exact) mass is 429 g/mol. The van der Waals surface area contributed by atoms with Crippen molar-refractivity contribution < 1.29 is 8.42 Å². The molecule has 1 fully saturated rings. The molecule has 30 heavy (non-hydrogen) atoms. The van der Waals surface area contributed by atoms with E-state index in [4.69, 9.17) is 0 Å².